The van der Waals surface area contributed by atoms with E-state index < -0.39 is 28.4 Å². The van der Waals surface area contributed by atoms with Crippen molar-refractivity contribution in [1.82, 2.24) is 15.3 Å². The molecule has 0 aliphatic carbocycles. The lowest BCUT2D eigenvalue weighted by Crippen LogP contribution is -2.20. The van der Waals surface area contributed by atoms with Gasteiger partial charge in [0.1, 0.15) is 17.4 Å². The second kappa shape index (κ2) is 9.49. The van der Waals surface area contributed by atoms with Gasteiger partial charge >= 0.3 is 6.18 Å². The van der Waals surface area contributed by atoms with Gasteiger partial charge in [0.2, 0.25) is 0 Å². The number of halogens is 3. The van der Waals surface area contributed by atoms with Crippen LogP contribution in [0.2, 0.25) is 0 Å². The molecule has 35 heavy (non-hydrogen) atoms. The highest BCUT2D eigenvalue weighted by Crippen LogP contribution is 2.37. The number of nitro benzene ring substituents is 1. The fraction of sp³-hybridized carbons (Fsp3) is 0.333. The number of fused-ring (bicyclic) bond motifs is 1. The van der Waals surface area contributed by atoms with Gasteiger partial charge in [-0.25, -0.2) is 9.97 Å². The van der Waals surface area contributed by atoms with E-state index in [1.165, 1.54) is 0 Å². The number of aromatic nitrogens is 2. The van der Waals surface area contributed by atoms with Crippen LogP contribution in [0.15, 0.2) is 36.4 Å². The second-order valence-corrected chi connectivity index (χ2v) is 8.31. The molecule has 0 saturated carbocycles. The van der Waals surface area contributed by atoms with E-state index >= 15 is 0 Å². The number of alkyl halides is 3. The number of methoxy groups -OCH3 is 1. The summed E-state index contributed by atoms with van der Waals surface area (Å²) in [6.45, 7) is 4.90. The molecule has 1 aromatic heterocycles. The van der Waals surface area contributed by atoms with E-state index in [1.54, 1.807) is 21.0 Å². The van der Waals surface area contributed by atoms with Gasteiger partial charge in [-0.2, -0.15) is 13.2 Å². The number of nitrogens with zero attached hydrogens (tertiary/aromatic N) is 3. The van der Waals surface area contributed by atoms with Crippen LogP contribution in [0.4, 0.5) is 24.7 Å². The molecule has 1 aliphatic rings. The lowest BCUT2D eigenvalue weighted by atomic mass is 9.97. The van der Waals surface area contributed by atoms with E-state index in [2.05, 4.69) is 26.7 Å². The number of anilines is 1. The number of nitro groups is 1. The van der Waals surface area contributed by atoms with Crippen LogP contribution in [-0.2, 0) is 6.18 Å². The summed E-state index contributed by atoms with van der Waals surface area (Å²) in [5.41, 5.74) is 1.01. The predicted octanol–water partition coefficient (Wildman–Crippen LogP) is 5.42. The van der Waals surface area contributed by atoms with Crippen molar-refractivity contribution in [3.05, 3.63) is 69.0 Å². The van der Waals surface area contributed by atoms with Crippen molar-refractivity contribution in [2.45, 2.75) is 32.5 Å². The Balaban J connectivity index is 1.79. The molecule has 0 radical (unpaired) electrons. The Hall–Kier alpha value is -3.73. The van der Waals surface area contributed by atoms with Crippen LogP contribution in [-0.4, -0.2) is 35.1 Å². The minimum atomic E-state index is -4.72. The van der Waals surface area contributed by atoms with Gasteiger partial charge in [-0.1, -0.05) is 6.08 Å². The maximum Gasteiger partial charge on any atom is 0.416 e. The monoisotopic (exact) mass is 487 g/mol. The van der Waals surface area contributed by atoms with E-state index in [4.69, 9.17) is 4.74 Å². The minimum absolute atomic E-state index is 0.116. The fourth-order valence-corrected chi connectivity index (χ4v) is 4.11. The zero-order valence-corrected chi connectivity index (χ0v) is 19.4. The van der Waals surface area contributed by atoms with E-state index in [9.17, 15) is 23.3 Å². The first-order valence-electron chi connectivity index (χ1n) is 11.0. The molecule has 1 aliphatic heterocycles. The molecule has 8 nitrogen and oxygen atoms in total. The van der Waals surface area contributed by atoms with Crippen molar-refractivity contribution in [2.75, 3.05) is 25.5 Å². The molecular formula is C24H24F3N5O3. The Bertz CT molecular complexity index is 1320. The number of ether oxygens (including phenoxy) is 1. The van der Waals surface area contributed by atoms with Gasteiger partial charge < -0.3 is 15.4 Å². The van der Waals surface area contributed by atoms with Gasteiger partial charge in [-0.3, -0.25) is 10.1 Å². The molecule has 0 fully saturated rings. The fourth-order valence-electron chi connectivity index (χ4n) is 4.11. The Morgan fingerprint density at radius 3 is 2.60 bits per heavy atom. The van der Waals surface area contributed by atoms with Gasteiger partial charge in [-0.15, -0.1) is 0 Å². The van der Waals surface area contributed by atoms with E-state index in [1.807, 2.05) is 12.1 Å². The van der Waals surface area contributed by atoms with Crippen LogP contribution in [0.25, 0.3) is 16.5 Å². The number of non-ortho nitro benzene ring substituents is 1. The SMILES string of the molecule is COc1cc2nc(C)nc(NC(C)c3cc([N+](=O)[O-])cc(C(F)(F)F)c3)c2cc1C1=CCNCC1. The van der Waals surface area contributed by atoms with Gasteiger partial charge in [0.05, 0.1) is 29.2 Å². The number of benzene rings is 2. The average Bonchev–Trinajstić information content (AvgIpc) is 2.82. The van der Waals surface area contributed by atoms with Crippen molar-refractivity contribution in [3.8, 4) is 5.75 Å². The molecule has 1 unspecified atom stereocenters. The molecule has 0 bridgehead atoms. The predicted molar refractivity (Wildman–Crippen MR) is 126 cm³/mol. The molecule has 0 saturated heterocycles. The third kappa shape index (κ3) is 5.19. The van der Waals surface area contributed by atoms with Crippen molar-refractivity contribution in [1.29, 1.82) is 0 Å². The summed E-state index contributed by atoms with van der Waals surface area (Å²) in [5.74, 6) is 1.54. The normalized spacial score (nSPS) is 15.0. The van der Waals surface area contributed by atoms with Crippen LogP contribution in [0.5, 0.6) is 5.75 Å². The third-order valence-corrected chi connectivity index (χ3v) is 5.87. The summed E-state index contributed by atoms with van der Waals surface area (Å²) in [5, 5.41) is 18.3. The number of aryl methyl sites for hydroxylation is 1. The zero-order valence-electron chi connectivity index (χ0n) is 19.4. The highest BCUT2D eigenvalue weighted by atomic mass is 19.4. The molecule has 4 rings (SSSR count). The summed E-state index contributed by atoms with van der Waals surface area (Å²) in [4.78, 5) is 19.4. The first kappa shape index (κ1) is 24.4. The number of hydrogen-bond donors (Lipinski definition) is 2. The quantitative estimate of drug-likeness (QED) is 0.353. The van der Waals surface area contributed by atoms with Crippen LogP contribution in [0.3, 0.4) is 0 Å². The van der Waals surface area contributed by atoms with Crippen LogP contribution >= 0.6 is 0 Å². The zero-order chi connectivity index (χ0) is 25.3. The molecule has 184 valence electrons. The first-order chi connectivity index (χ1) is 16.6. The molecule has 11 heteroatoms. The Morgan fingerprint density at radius 2 is 1.97 bits per heavy atom. The maximum absolute atomic E-state index is 13.4. The van der Waals surface area contributed by atoms with Crippen molar-refractivity contribution in [3.63, 3.8) is 0 Å². The van der Waals surface area contributed by atoms with Crippen molar-refractivity contribution >= 4 is 28.0 Å². The van der Waals surface area contributed by atoms with Gasteiger partial charge in [0.25, 0.3) is 5.69 Å². The number of rotatable bonds is 6. The van der Waals surface area contributed by atoms with Crippen LogP contribution in [0.1, 0.15) is 41.9 Å². The van der Waals surface area contributed by atoms with Gasteiger partial charge in [0.15, 0.2) is 0 Å². The highest BCUT2D eigenvalue weighted by Gasteiger charge is 2.33. The molecule has 3 aromatic rings. The Kier molecular flexibility index (Phi) is 6.62. The Morgan fingerprint density at radius 1 is 1.20 bits per heavy atom. The summed E-state index contributed by atoms with van der Waals surface area (Å²) in [7, 11) is 1.59. The third-order valence-electron chi connectivity index (χ3n) is 5.87. The minimum Gasteiger partial charge on any atom is -0.496 e. The second-order valence-electron chi connectivity index (χ2n) is 8.31. The summed E-state index contributed by atoms with van der Waals surface area (Å²) < 4.78 is 45.7. The standard InChI is InChI=1S/C24H24F3N5O3/c1-13(16-8-17(24(25,26)27)10-18(9-16)32(33)34)29-23-20-11-19(15-4-6-28-7-5-15)22(35-3)12-21(20)30-14(2)31-23/h4,8-13,28H,5-7H2,1-3H3,(H,29,30,31). The molecule has 1 atom stereocenters. The van der Waals surface area contributed by atoms with Gasteiger partial charge in [0, 0.05) is 35.7 Å². The first-order valence-corrected chi connectivity index (χ1v) is 11.0. The Labute approximate surface area is 199 Å². The lowest BCUT2D eigenvalue weighted by molar-refractivity contribution is -0.385. The van der Waals surface area contributed by atoms with E-state index in [-0.39, 0.29) is 5.56 Å². The number of hydrogen-bond acceptors (Lipinski definition) is 7. The molecule has 2 aromatic carbocycles. The largest absolute Gasteiger partial charge is 0.496 e. The van der Waals surface area contributed by atoms with Crippen LogP contribution in [0, 0.1) is 17.0 Å². The molecule has 0 spiro atoms. The maximum atomic E-state index is 13.4. The van der Waals surface area contributed by atoms with E-state index in [0.29, 0.717) is 34.4 Å². The molecule has 0 amide bonds. The van der Waals surface area contributed by atoms with Gasteiger partial charge in [-0.05, 0) is 50.1 Å². The highest BCUT2D eigenvalue weighted by molar-refractivity contribution is 5.94. The average molecular weight is 487 g/mol. The molecular weight excluding hydrogens is 463 g/mol. The lowest BCUT2D eigenvalue weighted by Gasteiger charge is -2.20. The summed E-state index contributed by atoms with van der Waals surface area (Å²) in [6.07, 6.45) is -1.83. The smallest absolute Gasteiger partial charge is 0.416 e. The number of nitrogens with one attached hydrogen (secondary N) is 2. The summed E-state index contributed by atoms with van der Waals surface area (Å²) >= 11 is 0. The molecule has 2 heterocycles. The topological polar surface area (TPSA) is 102 Å². The summed E-state index contributed by atoms with van der Waals surface area (Å²) in [6, 6.07) is 5.59. The van der Waals surface area contributed by atoms with Crippen LogP contribution < -0.4 is 15.4 Å². The van der Waals surface area contributed by atoms with E-state index in [0.717, 1.165) is 42.8 Å². The molecule has 2 N–H and O–H groups in total. The van der Waals surface area contributed by atoms with Crippen molar-refractivity contribution < 1.29 is 22.8 Å². The van der Waals surface area contributed by atoms with Crippen molar-refractivity contribution in [2.24, 2.45) is 0 Å².